The van der Waals surface area contributed by atoms with Gasteiger partial charge in [0.15, 0.2) is 11.5 Å². The van der Waals surface area contributed by atoms with E-state index < -0.39 is 0 Å². The highest BCUT2D eigenvalue weighted by molar-refractivity contribution is 7.09. The van der Waals surface area contributed by atoms with Crippen LogP contribution in [0, 0.1) is 0 Å². The minimum absolute atomic E-state index is 0.0763. The van der Waals surface area contributed by atoms with Crippen LogP contribution in [-0.4, -0.2) is 17.2 Å². The summed E-state index contributed by atoms with van der Waals surface area (Å²) in [4.78, 5) is 14.0. The molecule has 24 heavy (non-hydrogen) atoms. The lowest BCUT2D eigenvalue weighted by molar-refractivity contribution is 0.284. The van der Waals surface area contributed by atoms with E-state index in [9.17, 15) is 9.90 Å². The summed E-state index contributed by atoms with van der Waals surface area (Å²) in [5, 5.41) is 9.71. The van der Waals surface area contributed by atoms with Crippen LogP contribution in [0.25, 0.3) is 0 Å². The van der Waals surface area contributed by atoms with Crippen LogP contribution in [0.3, 0.4) is 0 Å². The van der Waals surface area contributed by atoms with Crippen molar-refractivity contribution in [1.82, 2.24) is 4.98 Å². The molecular weight excluding hydrogens is 326 g/mol. The number of thiazole rings is 1. The summed E-state index contributed by atoms with van der Waals surface area (Å²) in [6.07, 6.45) is 0.445. The van der Waals surface area contributed by atoms with E-state index in [2.05, 4.69) is 4.98 Å². The molecule has 0 aliphatic heterocycles. The van der Waals surface area contributed by atoms with Gasteiger partial charge >= 0.3 is 4.87 Å². The lowest BCUT2D eigenvalue weighted by Gasteiger charge is -2.12. The molecule has 0 fully saturated rings. The summed E-state index contributed by atoms with van der Waals surface area (Å²) in [6.45, 7) is 0.434. The molecule has 6 heteroatoms. The first-order chi connectivity index (χ1) is 11.7. The molecule has 0 aliphatic carbocycles. The van der Waals surface area contributed by atoms with Crippen molar-refractivity contribution in [2.75, 3.05) is 7.11 Å². The lowest BCUT2D eigenvalue weighted by atomic mass is 10.1. The minimum atomic E-state index is -0.267. The largest absolute Gasteiger partial charge is 0.494 e. The van der Waals surface area contributed by atoms with Crippen molar-refractivity contribution in [3.8, 4) is 17.4 Å². The van der Waals surface area contributed by atoms with Gasteiger partial charge in [-0.25, -0.2) is 0 Å². The van der Waals surface area contributed by atoms with E-state index in [4.69, 9.17) is 9.47 Å². The Morgan fingerprint density at radius 3 is 2.54 bits per heavy atom. The van der Waals surface area contributed by atoms with E-state index in [0.717, 1.165) is 22.5 Å². The first-order valence-corrected chi connectivity index (χ1v) is 8.22. The SMILES string of the molecule is COc1ccc(Cc2sc(=O)[nH]c2O)cc1OCc1ccccc1. The van der Waals surface area contributed by atoms with Crippen LogP contribution in [0.1, 0.15) is 16.0 Å². The average Bonchev–Trinajstić information content (AvgIpc) is 2.91. The molecule has 1 heterocycles. The molecule has 124 valence electrons. The van der Waals surface area contributed by atoms with Gasteiger partial charge in [-0.3, -0.25) is 9.78 Å². The van der Waals surface area contributed by atoms with Crippen molar-refractivity contribution in [3.63, 3.8) is 0 Å². The minimum Gasteiger partial charge on any atom is -0.494 e. The van der Waals surface area contributed by atoms with Gasteiger partial charge in [0.1, 0.15) is 6.61 Å². The highest BCUT2D eigenvalue weighted by atomic mass is 32.1. The second kappa shape index (κ2) is 7.23. The van der Waals surface area contributed by atoms with E-state index >= 15 is 0 Å². The van der Waals surface area contributed by atoms with Gasteiger partial charge < -0.3 is 14.6 Å². The standard InChI is InChI=1S/C18H17NO4S/c1-22-14-8-7-13(10-16-17(20)19-18(21)24-16)9-15(14)23-11-12-5-3-2-4-6-12/h2-9,20H,10-11H2,1H3,(H,19,21). The smallest absolute Gasteiger partial charge is 0.307 e. The molecule has 1 aromatic heterocycles. The number of aromatic amines is 1. The van der Waals surface area contributed by atoms with Crippen LogP contribution in [0.2, 0.25) is 0 Å². The summed E-state index contributed by atoms with van der Waals surface area (Å²) in [5.74, 6) is 1.19. The van der Waals surface area contributed by atoms with Crippen molar-refractivity contribution in [2.24, 2.45) is 0 Å². The summed E-state index contributed by atoms with van der Waals surface area (Å²) in [7, 11) is 1.59. The number of aromatic hydroxyl groups is 1. The molecule has 0 bridgehead atoms. The average molecular weight is 343 g/mol. The maximum Gasteiger partial charge on any atom is 0.307 e. The molecule has 0 atom stereocenters. The predicted molar refractivity (Wildman–Crippen MR) is 93.2 cm³/mol. The van der Waals surface area contributed by atoms with Crippen molar-refractivity contribution in [3.05, 3.63) is 74.2 Å². The van der Waals surface area contributed by atoms with Gasteiger partial charge in [0.05, 0.1) is 12.0 Å². The second-order valence-corrected chi connectivity index (χ2v) is 6.29. The Morgan fingerprint density at radius 1 is 1.08 bits per heavy atom. The van der Waals surface area contributed by atoms with Crippen LogP contribution < -0.4 is 14.3 Å². The van der Waals surface area contributed by atoms with Crippen LogP contribution in [0.15, 0.2) is 53.3 Å². The van der Waals surface area contributed by atoms with E-state index in [1.807, 2.05) is 48.5 Å². The van der Waals surface area contributed by atoms with E-state index in [1.165, 1.54) is 0 Å². The summed E-state index contributed by atoms with van der Waals surface area (Å²) < 4.78 is 11.2. The number of methoxy groups -OCH3 is 1. The number of nitrogens with one attached hydrogen (secondary N) is 1. The van der Waals surface area contributed by atoms with Gasteiger partial charge in [0, 0.05) is 6.42 Å². The molecule has 0 saturated heterocycles. The third-order valence-electron chi connectivity index (χ3n) is 3.53. The number of aromatic nitrogens is 1. The van der Waals surface area contributed by atoms with E-state index in [-0.39, 0.29) is 10.8 Å². The Morgan fingerprint density at radius 2 is 1.88 bits per heavy atom. The molecule has 0 aliphatic rings. The van der Waals surface area contributed by atoms with Gasteiger partial charge in [-0.15, -0.1) is 0 Å². The van der Waals surface area contributed by atoms with E-state index in [0.29, 0.717) is 29.4 Å². The molecule has 2 N–H and O–H groups in total. The number of ether oxygens (including phenoxy) is 2. The van der Waals surface area contributed by atoms with Gasteiger partial charge in [-0.05, 0) is 23.3 Å². The number of hydrogen-bond donors (Lipinski definition) is 2. The highest BCUT2D eigenvalue weighted by Crippen LogP contribution is 2.31. The Kier molecular flexibility index (Phi) is 4.86. The first-order valence-electron chi connectivity index (χ1n) is 7.40. The van der Waals surface area contributed by atoms with Gasteiger partial charge in [-0.1, -0.05) is 47.7 Å². The summed E-state index contributed by atoms with van der Waals surface area (Å²) in [6, 6.07) is 15.4. The maximum atomic E-state index is 11.3. The monoisotopic (exact) mass is 343 g/mol. The Labute approximate surface area is 143 Å². The maximum absolute atomic E-state index is 11.3. The molecule has 0 unspecified atom stereocenters. The molecule has 3 rings (SSSR count). The molecule has 0 amide bonds. The molecule has 2 aromatic carbocycles. The lowest BCUT2D eigenvalue weighted by Crippen LogP contribution is -1.98. The molecule has 0 spiro atoms. The van der Waals surface area contributed by atoms with Crippen molar-refractivity contribution in [2.45, 2.75) is 13.0 Å². The Balaban J connectivity index is 1.80. The third kappa shape index (κ3) is 3.78. The van der Waals surface area contributed by atoms with Gasteiger partial charge in [0.2, 0.25) is 5.88 Å². The fourth-order valence-electron chi connectivity index (χ4n) is 2.34. The number of benzene rings is 2. The van der Waals surface area contributed by atoms with Crippen LogP contribution >= 0.6 is 11.3 Å². The van der Waals surface area contributed by atoms with Gasteiger partial charge in [0.25, 0.3) is 0 Å². The zero-order valence-electron chi connectivity index (χ0n) is 13.1. The van der Waals surface area contributed by atoms with Crippen LogP contribution in [-0.2, 0) is 13.0 Å². The number of H-pyrrole nitrogens is 1. The number of rotatable bonds is 6. The van der Waals surface area contributed by atoms with Crippen molar-refractivity contribution < 1.29 is 14.6 Å². The summed E-state index contributed by atoms with van der Waals surface area (Å²) >= 11 is 1.00. The molecule has 5 nitrogen and oxygen atoms in total. The molecule has 3 aromatic rings. The number of hydrogen-bond acceptors (Lipinski definition) is 5. The zero-order chi connectivity index (χ0) is 16.9. The summed E-state index contributed by atoms with van der Waals surface area (Å²) in [5.41, 5.74) is 1.98. The molecule has 0 radical (unpaired) electrons. The normalized spacial score (nSPS) is 10.5. The predicted octanol–water partition coefficient (Wildman–Crippen LogP) is 3.32. The third-order valence-corrected chi connectivity index (χ3v) is 4.40. The van der Waals surface area contributed by atoms with Crippen molar-refractivity contribution in [1.29, 1.82) is 0 Å². The van der Waals surface area contributed by atoms with Crippen LogP contribution in [0.5, 0.6) is 17.4 Å². The van der Waals surface area contributed by atoms with Crippen molar-refractivity contribution >= 4 is 11.3 Å². The highest BCUT2D eigenvalue weighted by Gasteiger charge is 2.11. The topological polar surface area (TPSA) is 71.6 Å². The quantitative estimate of drug-likeness (QED) is 0.720. The van der Waals surface area contributed by atoms with E-state index in [1.54, 1.807) is 7.11 Å². The Hall–Kier alpha value is -2.73. The fourth-order valence-corrected chi connectivity index (χ4v) is 3.09. The first kappa shape index (κ1) is 16.1. The zero-order valence-corrected chi connectivity index (χ0v) is 13.9. The second-order valence-electron chi connectivity index (χ2n) is 5.22. The Bertz CT molecular complexity index is 870. The fraction of sp³-hybridized carbons (Fsp3) is 0.167. The van der Waals surface area contributed by atoms with Crippen LogP contribution in [0.4, 0.5) is 0 Å². The molecular formula is C18H17NO4S. The molecule has 0 saturated carbocycles. The van der Waals surface area contributed by atoms with Gasteiger partial charge in [-0.2, -0.15) is 0 Å².